The quantitative estimate of drug-likeness (QED) is 0.847. The molecule has 1 aromatic rings. The number of carbonyl (C=O) groups is 2. The summed E-state index contributed by atoms with van der Waals surface area (Å²) in [5, 5.41) is 11.9. The first-order chi connectivity index (χ1) is 9.85. The summed E-state index contributed by atoms with van der Waals surface area (Å²) in [6.07, 6.45) is 0.762. The Labute approximate surface area is 123 Å². The van der Waals surface area contributed by atoms with E-state index in [9.17, 15) is 14.9 Å². The Balaban J connectivity index is 2.29. The van der Waals surface area contributed by atoms with Crippen LogP contribution in [0, 0.1) is 17.2 Å². The van der Waals surface area contributed by atoms with Gasteiger partial charge in [0.1, 0.15) is 11.9 Å². The summed E-state index contributed by atoms with van der Waals surface area (Å²) >= 11 is 0. The van der Waals surface area contributed by atoms with Gasteiger partial charge in [-0.1, -0.05) is 12.1 Å². The van der Waals surface area contributed by atoms with Crippen molar-refractivity contribution in [1.82, 2.24) is 5.32 Å². The minimum Gasteiger partial charge on any atom is -0.444 e. The van der Waals surface area contributed by atoms with Gasteiger partial charge in [0.25, 0.3) is 0 Å². The predicted octanol–water partition coefficient (Wildman–Crippen LogP) is 2.50. The molecular weight excluding hydrogens is 268 g/mol. The topological polar surface area (TPSA) is 79.2 Å². The number of rotatable bonds is 2. The number of hydrogen-bond acceptors (Lipinski definition) is 4. The van der Waals surface area contributed by atoms with Gasteiger partial charge in [0.2, 0.25) is 0 Å². The van der Waals surface area contributed by atoms with Crippen LogP contribution in [0.2, 0.25) is 0 Å². The van der Waals surface area contributed by atoms with Crippen molar-refractivity contribution in [2.75, 3.05) is 0 Å². The Morgan fingerprint density at radius 2 is 2.19 bits per heavy atom. The Bertz CT molecular complexity index is 611. The third kappa shape index (κ3) is 3.22. The number of amides is 1. The van der Waals surface area contributed by atoms with Crippen LogP contribution < -0.4 is 5.32 Å². The van der Waals surface area contributed by atoms with Crippen molar-refractivity contribution in [3.05, 3.63) is 34.9 Å². The highest BCUT2D eigenvalue weighted by Gasteiger charge is 2.36. The summed E-state index contributed by atoms with van der Waals surface area (Å²) in [6, 6.07) is 6.96. The number of ether oxygens (including phenoxy) is 1. The van der Waals surface area contributed by atoms with Crippen LogP contribution in [0.5, 0.6) is 0 Å². The lowest BCUT2D eigenvalue weighted by Gasteiger charge is -2.23. The minimum absolute atomic E-state index is 0.373. The SMILES string of the molecule is CC(C)(C)OC(=O)N[C@H]1c2c(C#N)cccc2C[C@@H]1C=O. The molecule has 5 nitrogen and oxygen atoms in total. The number of benzene rings is 1. The molecule has 0 aliphatic heterocycles. The lowest BCUT2D eigenvalue weighted by molar-refractivity contribution is -0.111. The predicted molar refractivity (Wildman–Crippen MR) is 76.5 cm³/mol. The zero-order chi connectivity index (χ0) is 15.6. The minimum atomic E-state index is -0.614. The van der Waals surface area contributed by atoms with Gasteiger partial charge < -0.3 is 14.8 Å². The second-order valence-corrected chi connectivity index (χ2v) is 6.12. The van der Waals surface area contributed by atoms with Gasteiger partial charge in [-0.25, -0.2) is 4.79 Å². The molecule has 0 aromatic heterocycles. The van der Waals surface area contributed by atoms with Crippen LogP contribution in [0.4, 0.5) is 4.79 Å². The van der Waals surface area contributed by atoms with Crippen LogP contribution in [0.15, 0.2) is 18.2 Å². The molecule has 0 fully saturated rings. The van der Waals surface area contributed by atoms with E-state index in [1.54, 1.807) is 32.9 Å². The molecule has 5 heteroatoms. The molecule has 110 valence electrons. The molecular formula is C16H18N2O3. The van der Waals surface area contributed by atoms with E-state index in [0.717, 1.165) is 17.4 Å². The van der Waals surface area contributed by atoms with Crippen molar-refractivity contribution in [3.63, 3.8) is 0 Å². The first kappa shape index (κ1) is 15.0. The first-order valence-electron chi connectivity index (χ1n) is 6.82. The highest BCUT2D eigenvalue weighted by molar-refractivity contribution is 5.71. The molecule has 1 amide bonds. The molecule has 0 spiro atoms. The smallest absolute Gasteiger partial charge is 0.408 e. The van der Waals surface area contributed by atoms with E-state index in [1.165, 1.54) is 0 Å². The fourth-order valence-corrected chi connectivity index (χ4v) is 2.58. The molecule has 1 aromatic carbocycles. The lowest BCUT2D eigenvalue weighted by atomic mass is 9.99. The molecule has 0 saturated heterocycles. The van der Waals surface area contributed by atoms with Crippen molar-refractivity contribution >= 4 is 12.4 Å². The lowest BCUT2D eigenvalue weighted by Crippen LogP contribution is -2.37. The van der Waals surface area contributed by atoms with Crippen LogP contribution in [0.1, 0.15) is 43.5 Å². The number of nitrogens with one attached hydrogen (secondary N) is 1. The number of alkyl carbamates (subject to hydrolysis) is 1. The van der Waals surface area contributed by atoms with Gasteiger partial charge in [0.15, 0.2) is 0 Å². The molecule has 1 aliphatic carbocycles. The molecule has 0 saturated carbocycles. The van der Waals surface area contributed by atoms with Crippen molar-refractivity contribution in [2.24, 2.45) is 5.92 Å². The molecule has 2 atom stereocenters. The third-order valence-corrected chi connectivity index (χ3v) is 3.36. The highest BCUT2D eigenvalue weighted by Crippen LogP contribution is 2.37. The van der Waals surface area contributed by atoms with E-state index in [1.807, 2.05) is 6.07 Å². The van der Waals surface area contributed by atoms with Gasteiger partial charge in [-0.2, -0.15) is 5.26 Å². The van der Waals surface area contributed by atoms with E-state index < -0.39 is 17.7 Å². The highest BCUT2D eigenvalue weighted by atomic mass is 16.6. The second-order valence-electron chi connectivity index (χ2n) is 6.12. The molecule has 0 unspecified atom stereocenters. The molecule has 1 aliphatic rings. The first-order valence-corrected chi connectivity index (χ1v) is 6.82. The average Bonchev–Trinajstić information content (AvgIpc) is 2.74. The number of hydrogen-bond donors (Lipinski definition) is 1. The van der Waals surface area contributed by atoms with Gasteiger partial charge in [-0.05, 0) is 44.4 Å². The van der Waals surface area contributed by atoms with Crippen molar-refractivity contribution in [2.45, 2.75) is 38.8 Å². The van der Waals surface area contributed by atoms with Gasteiger partial charge in [-0.3, -0.25) is 0 Å². The summed E-state index contributed by atoms with van der Waals surface area (Å²) in [7, 11) is 0. The number of nitrogens with zero attached hydrogens (tertiary/aromatic N) is 1. The van der Waals surface area contributed by atoms with Crippen LogP contribution in [0.25, 0.3) is 0 Å². The number of nitriles is 1. The molecule has 0 radical (unpaired) electrons. The monoisotopic (exact) mass is 286 g/mol. The van der Waals surface area contributed by atoms with Gasteiger partial charge in [0, 0.05) is 5.92 Å². The average molecular weight is 286 g/mol. The van der Waals surface area contributed by atoms with E-state index in [2.05, 4.69) is 11.4 Å². The molecule has 1 N–H and O–H groups in total. The van der Waals surface area contributed by atoms with Gasteiger partial charge in [-0.15, -0.1) is 0 Å². The molecule has 0 heterocycles. The Morgan fingerprint density at radius 3 is 2.76 bits per heavy atom. The summed E-state index contributed by atoms with van der Waals surface area (Å²) in [5.41, 5.74) is 1.52. The summed E-state index contributed by atoms with van der Waals surface area (Å²) in [6.45, 7) is 5.31. The standard InChI is InChI=1S/C16H18N2O3/c1-16(2,3)21-15(20)18-14-12(9-19)7-10-5-4-6-11(8-17)13(10)14/h4-6,9,12,14H,7H2,1-3H3,(H,18,20)/t12-,14-/m1/s1. The fourth-order valence-electron chi connectivity index (χ4n) is 2.58. The van der Waals surface area contributed by atoms with Crippen molar-refractivity contribution < 1.29 is 14.3 Å². The number of fused-ring (bicyclic) bond motifs is 1. The Hall–Kier alpha value is -2.35. The van der Waals surface area contributed by atoms with Crippen LogP contribution in [-0.4, -0.2) is 18.0 Å². The van der Waals surface area contributed by atoms with E-state index in [0.29, 0.717) is 12.0 Å². The largest absolute Gasteiger partial charge is 0.444 e. The summed E-state index contributed by atoms with van der Waals surface area (Å²) in [4.78, 5) is 23.2. The Morgan fingerprint density at radius 1 is 1.48 bits per heavy atom. The molecule has 2 rings (SSSR count). The zero-order valence-electron chi connectivity index (χ0n) is 12.3. The van der Waals surface area contributed by atoms with Crippen LogP contribution in [-0.2, 0) is 16.0 Å². The second kappa shape index (κ2) is 5.57. The summed E-state index contributed by atoms with van der Waals surface area (Å²) < 4.78 is 5.23. The normalized spacial score (nSPS) is 20.3. The van der Waals surface area contributed by atoms with E-state index in [4.69, 9.17) is 4.74 Å². The maximum absolute atomic E-state index is 12.0. The van der Waals surface area contributed by atoms with E-state index >= 15 is 0 Å². The van der Waals surface area contributed by atoms with Crippen molar-refractivity contribution in [1.29, 1.82) is 5.26 Å². The van der Waals surface area contributed by atoms with Crippen molar-refractivity contribution in [3.8, 4) is 6.07 Å². The Kier molecular flexibility index (Phi) is 3.99. The van der Waals surface area contributed by atoms with Crippen LogP contribution >= 0.6 is 0 Å². The zero-order valence-corrected chi connectivity index (χ0v) is 12.3. The maximum atomic E-state index is 12.0. The summed E-state index contributed by atoms with van der Waals surface area (Å²) in [5.74, 6) is -0.373. The number of carbonyl (C=O) groups excluding carboxylic acids is 2. The number of aldehydes is 1. The maximum Gasteiger partial charge on any atom is 0.408 e. The fraction of sp³-hybridized carbons (Fsp3) is 0.438. The van der Waals surface area contributed by atoms with Gasteiger partial charge in [0.05, 0.1) is 17.7 Å². The van der Waals surface area contributed by atoms with Crippen LogP contribution in [0.3, 0.4) is 0 Å². The molecule has 0 bridgehead atoms. The molecule has 21 heavy (non-hydrogen) atoms. The van der Waals surface area contributed by atoms with Gasteiger partial charge >= 0.3 is 6.09 Å². The third-order valence-electron chi connectivity index (χ3n) is 3.36. The van der Waals surface area contributed by atoms with E-state index in [-0.39, 0.29) is 5.92 Å².